The molecule has 0 spiro atoms. The van der Waals surface area contributed by atoms with Crippen LogP contribution < -0.4 is 5.32 Å². The van der Waals surface area contributed by atoms with Gasteiger partial charge in [-0.2, -0.15) is 0 Å². The van der Waals surface area contributed by atoms with Gasteiger partial charge in [-0.15, -0.1) is 0 Å². The van der Waals surface area contributed by atoms with Crippen molar-refractivity contribution in [2.45, 2.75) is 96.4 Å². The molecule has 2 N–H and O–H groups in total. The lowest BCUT2D eigenvalue weighted by Gasteiger charge is -2.35. The molecule has 1 aromatic carbocycles. The zero-order valence-corrected chi connectivity index (χ0v) is 24.0. The molecule has 212 valence electrons. The standard InChI is InChI=1S/C32H45N3O4/c1-21-28-22(15-18-38-21)9-7-12-26(28)29(31(36)37)35(4)25-19-27(32(2,3)20-25)39-17-6-5-11-24-14-13-23-10-8-16-33-30(23)34-24/h7,9,12-14,21,25,27,29H,5-6,8,10-11,15-20H2,1-4H3,(H,33,34)(H,36,37)/t21-,25+,27+,29-/m0/s1. The number of carboxylic acids is 1. The van der Waals surface area contributed by atoms with E-state index in [1.807, 2.05) is 26.1 Å². The highest BCUT2D eigenvalue weighted by atomic mass is 16.5. The molecule has 0 radical (unpaired) electrons. The molecule has 3 heterocycles. The summed E-state index contributed by atoms with van der Waals surface area (Å²) in [5.41, 5.74) is 5.59. The Morgan fingerprint density at radius 2 is 2.08 bits per heavy atom. The lowest BCUT2D eigenvalue weighted by Crippen LogP contribution is -2.39. The summed E-state index contributed by atoms with van der Waals surface area (Å²) in [5, 5.41) is 13.8. The second-order valence-corrected chi connectivity index (χ2v) is 12.3. The number of fused-ring (bicyclic) bond motifs is 2. The number of benzene rings is 1. The number of likely N-dealkylation sites (N-methyl/N-ethyl adjacent to an activating group) is 1. The Morgan fingerprint density at radius 3 is 2.90 bits per heavy atom. The van der Waals surface area contributed by atoms with E-state index in [1.165, 1.54) is 17.5 Å². The molecular weight excluding hydrogens is 490 g/mol. The van der Waals surface area contributed by atoms with Crippen LogP contribution in [-0.4, -0.2) is 59.9 Å². The van der Waals surface area contributed by atoms with Gasteiger partial charge in [0.1, 0.15) is 11.9 Å². The van der Waals surface area contributed by atoms with Crippen LogP contribution >= 0.6 is 0 Å². The van der Waals surface area contributed by atoms with Crippen LogP contribution in [0.3, 0.4) is 0 Å². The molecule has 0 amide bonds. The zero-order chi connectivity index (χ0) is 27.6. The van der Waals surface area contributed by atoms with Crippen molar-refractivity contribution in [1.29, 1.82) is 0 Å². The fourth-order valence-corrected chi connectivity index (χ4v) is 6.89. The van der Waals surface area contributed by atoms with Gasteiger partial charge in [0.05, 0.1) is 18.8 Å². The van der Waals surface area contributed by atoms with Crippen molar-refractivity contribution in [2.24, 2.45) is 5.41 Å². The number of nitrogens with one attached hydrogen (secondary N) is 1. The molecule has 5 rings (SSSR count). The zero-order valence-electron chi connectivity index (χ0n) is 24.0. The molecule has 7 heteroatoms. The minimum atomic E-state index is -0.808. The molecule has 2 aliphatic heterocycles. The van der Waals surface area contributed by atoms with Gasteiger partial charge in [0, 0.05) is 24.9 Å². The predicted octanol–water partition coefficient (Wildman–Crippen LogP) is 5.73. The Balaban J connectivity index is 1.17. The molecule has 39 heavy (non-hydrogen) atoms. The molecule has 2 aromatic rings. The summed E-state index contributed by atoms with van der Waals surface area (Å²) in [6.45, 7) is 8.96. The summed E-state index contributed by atoms with van der Waals surface area (Å²) >= 11 is 0. The van der Waals surface area contributed by atoms with Crippen molar-refractivity contribution in [1.82, 2.24) is 9.88 Å². The largest absolute Gasteiger partial charge is 0.480 e. The number of aromatic nitrogens is 1. The van der Waals surface area contributed by atoms with Gasteiger partial charge in [0.25, 0.3) is 0 Å². The summed E-state index contributed by atoms with van der Waals surface area (Å²) in [6.07, 6.45) is 7.88. The number of pyridine rings is 1. The van der Waals surface area contributed by atoms with E-state index in [0.29, 0.717) is 6.61 Å². The molecule has 7 nitrogen and oxygen atoms in total. The number of ether oxygens (including phenoxy) is 2. The van der Waals surface area contributed by atoms with Crippen LogP contribution in [-0.2, 0) is 33.5 Å². The van der Waals surface area contributed by atoms with Crippen molar-refractivity contribution < 1.29 is 19.4 Å². The van der Waals surface area contributed by atoms with Crippen molar-refractivity contribution in [3.05, 3.63) is 58.3 Å². The molecule has 0 bridgehead atoms. The lowest BCUT2D eigenvalue weighted by molar-refractivity contribution is -0.144. The number of aliphatic carboxylic acids is 1. The quantitative estimate of drug-likeness (QED) is 0.376. The number of hydrogen-bond acceptors (Lipinski definition) is 6. The van der Waals surface area contributed by atoms with Gasteiger partial charge in [0.2, 0.25) is 0 Å². The highest BCUT2D eigenvalue weighted by molar-refractivity contribution is 5.76. The van der Waals surface area contributed by atoms with Gasteiger partial charge < -0.3 is 19.9 Å². The van der Waals surface area contributed by atoms with Crippen molar-refractivity contribution in [3.8, 4) is 0 Å². The van der Waals surface area contributed by atoms with Crippen LogP contribution in [0.4, 0.5) is 5.82 Å². The first-order chi connectivity index (χ1) is 18.7. The summed E-state index contributed by atoms with van der Waals surface area (Å²) < 4.78 is 12.4. The summed E-state index contributed by atoms with van der Waals surface area (Å²) in [4.78, 5) is 19.5. The van der Waals surface area contributed by atoms with E-state index in [1.54, 1.807) is 0 Å². The Labute approximate surface area is 233 Å². The van der Waals surface area contributed by atoms with Crippen LogP contribution in [0.15, 0.2) is 30.3 Å². The Hall–Kier alpha value is -2.48. The fourth-order valence-electron chi connectivity index (χ4n) is 6.89. The van der Waals surface area contributed by atoms with Gasteiger partial charge in [0.15, 0.2) is 0 Å². The molecule has 1 aromatic heterocycles. The number of carbonyl (C=O) groups is 1. The van der Waals surface area contributed by atoms with Crippen LogP contribution in [0.25, 0.3) is 0 Å². The van der Waals surface area contributed by atoms with E-state index in [2.05, 4.69) is 42.3 Å². The number of aryl methyl sites for hydroxylation is 2. The van der Waals surface area contributed by atoms with E-state index in [4.69, 9.17) is 14.5 Å². The van der Waals surface area contributed by atoms with Crippen LogP contribution in [0.2, 0.25) is 0 Å². The normalized spacial score (nSPS) is 24.6. The molecule has 0 unspecified atom stereocenters. The highest BCUT2D eigenvalue weighted by Gasteiger charge is 2.45. The van der Waals surface area contributed by atoms with E-state index in [9.17, 15) is 9.90 Å². The van der Waals surface area contributed by atoms with Crippen molar-refractivity contribution in [2.75, 3.05) is 32.1 Å². The maximum Gasteiger partial charge on any atom is 0.325 e. The molecular formula is C32H45N3O4. The molecule has 1 aliphatic carbocycles. The van der Waals surface area contributed by atoms with Gasteiger partial charge in [-0.1, -0.05) is 38.1 Å². The molecule has 1 fully saturated rings. The maximum absolute atomic E-state index is 12.7. The van der Waals surface area contributed by atoms with Crippen LogP contribution in [0.5, 0.6) is 0 Å². The Bertz CT molecular complexity index is 1170. The first-order valence-electron chi connectivity index (χ1n) is 14.8. The number of unbranched alkanes of at least 4 members (excludes halogenated alkanes) is 1. The monoisotopic (exact) mass is 535 g/mol. The fraction of sp³-hybridized carbons (Fsp3) is 0.625. The average Bonchev–Trinajstić information content (AvgIpc) is 3.22. The Morgan fingerprint density at radius 1 is 1.23 bits per heavy atom. The van der Waals surface area contributed by atoms with Crippen LogP contribution in [0, 0.1) is 5.41 Å². The molecule has 3 aliphatic rings. The SMILES string of the molecule is C[C@@H]1OCCc2cccc([C@@H](C(=O)O)N(C)[C@@H]3C[C@@H](OCCCCc4ccc5c(n4)NCCC5)C(C)(C)C3)c21. The van der Waals surface area contributed by atoms with Gasteiger partial charge in [-0.25, -0.2) is 4.98 Å². The van der Waals surface area contributed by atoms with Gasteiger partial charge in [-0.05, 0) is 99.1 Å². The van der Waals surface area contributed by atoms with E-state index in [0.717, 1.165) is 80.7 Å². The van der Waals surface area contributed by atoms with Crippen molar-refractivity contribution in [3.63, 3.8) is 0 Å². The number of hydrogen-bond donors (Lipinski definition) is 2. The van der Waals surface area contributed by atoms with E-state index in [-0.39, 0.29) is 23.7 Å². The minimum absolute atomic E-state index is 0.0137. The van der Waals surface area contributed by atoms with E-state index >= 15 is 0 Å². The number of nitrogens with zero attached hydrogens (tertiary/aromatic N) is 2. The Kier molecular flexibility index (Phi) is 8.60. The highest BCUT2D eigenvalue weighted by Crippen LogP contribution is 2.44. The first kappa shape index (κ1) is 28.1. The number of anilines is 1. The molecule has 1 saturated carbocycles. The third-order valence-electron chi connectivity index (χ3n) is 9.11. The second kappa shape index (κ2) is 11.9. The predicted molar refractivity (Wildman–Crippen MR) is 153 cm³/mol. The van der Waals surface area contributed by atoms with Crippen molar-refractivity contribution >= 4 is 11.8 Å². The smallest absolute Gasteiger partial charge is 0.325 e. The number of rotatable bonds is 10. The summed E-state index contributed by atoms with van der Waals surface area (Å²) in [5.74, 6) is 0.257. The second-order valence-electron chi connectivity index (χ2n) is 12.3. The van der Waals surface area contributed by atoms with E-state index < -0.39 is 12.0 Å². The molecule has 0 saturated heterocycles. The topological polar surface area (TPSA) is 83.9 Å². The first-order valence-corrected chi connectivity index (χ1v) is 14.8. The molecule has 4 atom stereocenters. The third-order valence-corrected chi connectivity index (χ3v) is 9.11. The summed E-state index contributed by atoms with van der Waals surface area (Å²) in [7, 11) is 1.97. The lowest BCUT2D eigenvalue weighted by atomic mass is 9.87. The minimum Gasteiger partial charge on any atom is -0.480 e. The van der Waals surface area contributed by atoms with Crippen LogP contribution in [0.1, 0.15) is 93.0 Å². The van der Waals surface area contributed by atoms with Gasteiger partial charge >= 0.3 is 5.97 Å². The maximum atomic E-state index is 12.7. The summed E-state index contributed by atoms with van der Waals surface area (Å²) in [6, 6.07) is 9.90. The average molecular weight is 536 g/mol. The third kappa shape index (κ3) is 6.16. The number of carboxylic acid groups (broad SMARTS) is 1. The van der Waals surface area contributed by atoms with Gasteiger partial charge in [-0.3, -0.25) is 9.69 Å².